The van der Waals surface area contributed by atoms with Gasteiger partial charge < -0.3 is 14.2 Å². The molecule has 9 nitrogen and oxygen atoms in total. The topological polar surface area (TPSA) is 117 Å². The highest BCUT2D eigenvalue weighted by molar-refractivity contribution is 14.1. The molecular formula is C20H15IN2O7. The highest BCUT2D eigenvalue weighted by atomic mass is 127. The molecular weight excluding hydrogens is 507 g/mol. The predicted molar refractivity (Wildman–Crippen MR) is 115 cm³/mol. The number of halogens is 1. The molecule has 154 valence electrons. The third-order valence-corrected chi connectivity index (χ3v) is 4.86. The Bertz CT molecular complexity index is 1140. The molecule has 0 radical (unpaired) electrons. The van der Waals surface area contributed by atoms with Crippen LogP contribution in [-0.4, -0.2) is 29.9 Å². The quantitative estimate of drug-likeness (QED) is 0.147. The maximum atomic E-state index is 12.3. The largest absolute Gasteiger partial charge is 0.493 e. The number of methoxy groups -OCH3 is 1. The van der Waals surface area contributed by atoms with Crippen LogP contribution in [0.2, 0.25) is 0 Å². The van der Waals surface area contributed by atoms with Gasteiger partial charge in [0.15, 0.2) is 17.2 Å². The van der Waals surface area contributed by atoms with Crippen LogP contribution in [0.15, 0.2) is 41.0 Å². The predicted octanol–water partition coefficient (Wildman–Crippen LogP) is 3.79. The first-order valence-corrected chi connectivity index (χ1v) is 9.61. The van der Waals surface area contributed by atoms with Crippen molar-refractivity contribution in [3.63, 3.8) is 0 Å². The van der Waals surface area contributed by atoms with E-state index in [1.54, 1.807) is 19.1 Å². The van der Waals surface area contributed by atoms with E-state index in [1.807, 2.05) is 22.6 Å². The number of ether oxygens (including phenoxy) is 3. The lowest BCUT2D eigenvalue weighted by Gasteiger charge is -2.11. The Labute approximate surface area is 184 Å². The summed E-state index contributed by atoms with van der Waals surface area (Å²) in [5.74, 6) is -0.469. The number of cyclic esters (lactones) is 1. The van der Waals surface area contributed by atoms with Crippen molar-refractivity contribution in [3.8, 4) is 11.5 Å². The number of benzene rings is 2. The first-order valence-electron chi connectivity index (χ1n) is 8.53. The van der Waals surface area contributed by atoms with Crippen molar-refractivity contribution in [1.29, 1.82) is 0 Å². The van der Waals surface area contributed by atoms with Crippen LogP contribution >= 0.6 is 22.6 Å². The van der Waals surface area contributed by atoms with Crippen molar-refractivity contribution in [3.05, 3.63) is 66.4 Å². The molecule has 0 spiro atoms. The fourth-order valence-electron chi connectivity index (χ4n) is 2.75. The zero-order valence-electron chi connectivity index (χ0n) is 16.1. The van der Waals surface area contributed by atoms with E-state index < -0.39 is 16.9 Å². The van der Waals surface area contributed by atoms with Gasteiger partial charge in [-0.3, -0.25) is 14.9 Å². The Morgan fingerprint density at radius 2 is 2.03 bits per heavy atom. The highest BCUT2D eigenvalue weighted by Gasteiger charge is 2.25. The van der Waals surface area contributed by atoms with E-state index in [-0.39, 0.29) is 23.0 Å². The second kappa shape index (κ2) is 8.61. The third-order valence-electron chi connectivity index (χ3n) is 4.06. The van der Waals surface area contributed by atoms with Crippen LogP contribution in [0.5, 0.6) is 11.5 Å². The maximum Gasteiger partial charge on any atom is 0.363 e. The zero-order valence-corrected chi connectivity index (χ0v) is 18.3. The van der Waals surface area contributed by atoms with Crippen molar-refractivity contribution in [1.82, 2.24) is 0 Å². The Kier molecular flexibility index (Phi) is 6.15. The SMILES string of the molecule is COc1cc(/C=C2\N=C(c3ccc([N+](=O)[O-])c(C)c3)OC2=O)cc(I)c1OC(C)=O. The fraction of sp³-hybridized carbons (Fsp3) is 0.150. The second-order valence-corrected chi connectivity index (χ2v) is 7.38. The molecule has 3 rings (SSSR count). The van der Waals surface area contributed by atoms with Gasteiger partial charge in [0.1, 0.15) is 0 Å². The van der Waals surface area contributed by atoms with Gasteiger partial charge in [0.05, 0.1) is 15.6 Å². The van der Waals surface area contributed by atoms with Gasteiger partial charge in [0.25, 0.3) is 5.69 Å². The molecule has 0 bridgehead atoms. The summed E-state index contributed by atoms with van der Waals surface area (Å²) in [6.07, 6.45) is 1.51. The van der Waals surface area contributed by atoms with Gasteiger partial charge in [-0.25, -0.2) is 9.79 Å². The molecule has 0 unspecified atom stereocenters. The van der Waals surface area contributed by atoms with E-state index in [4.69, 9.17) is 14.2 Å². The van der Waals surface area contributed by atoms with Crippen molar-refractivity contribution in [2.24, 2.45) is 4.99 Å². The van der Waals surface area contributed by atoms with Crippen molar-refractivity contribution in [2.45, 2.75) is 13.8 Å². The summed E-state index contributed by atoms with van der Waals surface area (Å²) in [5, 5.41) is 11.0. The summed E-state index contributed by atoms with van der Waals surface area (Å²) >= 11 is 1.99. The molecule has 1 heterocycles. The number of aliphatic imine (C=N–C) groups is 1. The summed E-state index contributed by atoms with van der Waals surface area (Å²) < 4.78 is 16.3. The van der Waals surface area contributed by atoms with Gasteiger partial charge in [0, 0.05) is 24.1 Å². The number of nitro groups is 1. The molecule has 0 fully saturated rings. The first-order chi connectivity index (χ1) is 14.2. The minimum atomic E-state index is -0.654. The van der Waals surface area contributed by atoms with E-state index in [2.05, 4.69) is 4.99 Å². The Morgan fingerprint density at radius 3 is 2.63 bits per heavy atom. The maximum absolute atomic E-state index is 12.3. The van der Waals surface area contributed by atoms with Crippen LogP contribution in [0.4, 0.5) is 5.69 Å². The Morgan fingerprint density at radius 1 is 1.30 bits per heavy atom. The van der Waals surface area contributed by atoms with E-state index in [0.29, 0.717) is 26.0 Å². The molecule has 0 aromatic heterocycles. The molecule has 0 saturated heterocycles. The van der Waals surface area contributed by atoms with E-state index in [0.717, 1.165) is 0 Å². The van der Waals surface area contributed by atoms with Gasteiger partial charge in [-0.2, -0.15) is 0 Å². The van der Waals surface area contributed by atoms with Gasteiger partial charge in [0.2, 0.25) is 5.90 Å². The summed E-state index contributed by atoms with van der Waals surface area (Å²) in [6, 6.07) is 7.65. The molecule has 0 saturated carbocycles. The van der Waals surface area contributed by atoms with Crippen molar-refractivity contribution in [2.75, 3.05) is 7.11 Å². The standard InChI is InChI=1S/C20H15IN2O7/c1-10-6-13(4-5-16(10)23(26)27)19-22-15(20(25)30-19)8-12-7-14(21)18(29-11(2)24)17(9-12)28-3/h4-9H,1-3H3/b15-8-. The molecule has 1 aliphatic heterocycles. The summed E-state index contributed by atoms with van der Waals surface area (Å²) in [4.78, 5) is 38.2. The van der Waals surface area contributed by atoms with Crippen LogP contribution in [-0.2, 0) is 14.3 Å². The van der Waals surface area contributed by atoms with Gasteiger partial charge in [-0.15, -0.1) is 0 Å². The lowest BCUT2D eigenvalue weighted by Crippen LogP contribution is -2.06. The van der Waals surface area contributed by atoms with Crippen LogP contribution < -0.4 is 9.47 Å². The van der Waals surface area contributed by atoms with Crippen LogP contribution in [0, 0.1) is 20.6 Å². The Hall–Kier alpha value is -3.28. The number of hydrogen-bond acceptors (Lipinski definition) is 8. The summed E-state index contributed by atoms with van der Waals surface area (Å²) in [6.45, 7) is 2.88. The molecule has 2 aromatic rings. The number of hydrogen-bond donors (Lipinski definition) is 0. The molecule has 0 N–H and O–H groups in total. The highest BCUT2D eigenvalue weighted by Crippen LogP contribution is 2.35. The smallest absolute Gasteiger partial charge is 0.363 e. The molecule has 0 atom stereocenters. The van der Waals surface area contributed by atoms with E-state index in [9.17, 15) is 19.7 Å². The van der Waals surface area contributed by atoms with Crippen LogP contribution in [0.1, 0.15) is 23.6 Å². The minimum Gasteiger partial charge on any atom is -0.493 e. The van der Waals surface area contributed by atoms with E-state index in [1.165, 1.54) is 38.3 Å². The number of nitro benzene ring substituents is 1. The fourth-order valence-corrected chi connectivity index (χ4v) is 3.49. The number of carbonyl (C=O) groups excluding carboxylic acids is 2. The Balaban J connectivity index is 1.96. The van der Waals surface area contributed by atoms with E-state index >= 15 is 0 Å². The second-order valence-electron chi connectivity index (χ2n) is 6.22. The first kappa shape index (κ1) is 21.4. The molecule has 0 aliphatic carbocycles. The lowest BCUT2D eigenvalue weighted by atomic mass is 10.1. The van der Waals surface area contributed by atoms with Gasteiger partial charge in [-0.05, 0) is 65.4 Å². The number of aryl methyl sites for hydroxylation is 1. The molecule has 0 amide bonds. The average Bonchev–Trinajstić information content (AvgIpc) is 3.03. The summed E-state index contributed by atoms with van der Waals surface area (Å²) in [5.41, 5.74) is 1.48. The normalized spacial score (nSPS) is 14.3. The molecule has 2 aromatic carbocycles. The van der Waals surface area contributed by atoms with Crippen molar-refractivity contribution < 1.29 is 28.7 Å². The van der Waals surface area contributed by atoms with Crippen LogP contribution in [0.3, 0.4) is 0 Å². The van der Waals surface area contributed by atoms with Crippen LogP contribution in [0.25, 0.3) is 6.08 Å². The molecule has 30 heavy (non-hydrogen) atoms. The molecule has 10 heteroatoms. The number of carbonyl (C=O) groups is 2. The molecule has 1 aliphatic rings. The van der Waals surface area contributed by atoms with Gasteiger partial charge in [-0.1, -0.05) is 0 Å². The average molecular weight is 522 g/mol. The third kappa shape index (κ3) is 4.48. The number of esters is 2. The van der Waals surface area contributed by atoms with Crippen molar-refractivity contribution >= 4 is 52.2 Å². The lowest BCUT2D eigenvalue weighted by molar-refractivity contribution is -0.385. The summed E-state index contributed by atoms with van der Waals surface area (Å²) in [7, 11) is 1.44. The number of nitrogens with zero attached hydrogens (tertiary/aromatic N) is 2. The zero-order chi connectivity index (χ0) is 22.0. The minimum absolute atomic E-state index is 0.0334. The monoisotopic (exact) mass is 522 g/mol. The number of rotatable bonds is 5. The van der Waals surface area contributed by atoms with Gasteiger partial charge >= 0.3 is 11.9 Å².